The molecular weight excluding hydrogens is 252 g/mol. The Balaban J connectivity index is 3.26. The van der Waals surface area contributed by atoms with Crippen molar-refractivity contribution in [2.75, 3.05) is 9.80 Å². The van der Waals surface area contributed by atoms with E-state index in [2.05, 4.69) is 0 Å². The number of benzene rings is 1. The first-order valence-electron chi connectivity index (χ1n) is 6.70. The zero-order chi connectivity index (χ0) is 15.6. The monoisotopic (exact) mass is 276 g/mol. The van der Waals surface area contributed by atoms with E-state index in [-0.39, 0.29) is 11.1 Å². The fourth-order valence-corrected chi connectivity index (χ4v) is 2.01. The van der Waals surface area contributed by atoms with Crippen molar-refractivity contribution < 1.29 is 9.59 Å². The number of hydrogen-bond acceptors (Lipinski definition) is 2. The van der Waals surface area contributed by atoms with Gasteiger partial charge in [0.2, 0.25) is 12.8 Å². The lowest BCUT2D eigenvalue weighted by Crippen LogP contribution is -2.42. The lowest BCUT2D eigenvalue weighted by Gasteiger charge is -2.35. The topological polar surface area (TPSA) is 40.6 Å². The summed E-state index contributed by atoms with van der Waals surface area (Å²) in [6, 6.07) is 7.46. The van der Waals surface area contributed by atoms with Crippen LogP contribution in [0.5, 0.6) is 0 Å². The van der Waals surface area contributed by atoms with Crippen molar-refractivity contribution in [3.63, 3.8) is 0 Å². The van der Waals surface area contributed by atoms with Gasteiger partial charge in [-0.1, -0.05) is 6.07 Å². The number of anilines is 2. The molecule has 0 bridgehead atoms. The van der Waals surface area contributed by atoms with E-state index >= 15 is 0 Å². The largest absolute Gasteiger partial charge is 0.310 e. The average molecular weight is 276 g/mol. The van der Waals surface area contributed by atoms with Crippen molar-refractivity contribution >= 4 is 24.2 Å². The molecule has 1 aromatic rings. The first-order chi connectivity index (χ1) is 9.11. The second-order valence-corrected chi connectivity index (χ2v) is 6.81. The molecule has 0 aliphatic heterocycles. The number of rotatable bonds is 4. The van der Waals surface area contributed by atoms with Gasteiger partial charge in [0.25, 0.3) is 0 Å². The number of carbonyl (C=O) groups excluding carboxylic acids is 2. The minimum absolute atomic E-state index is 0.311. The number of amides is 2. The Morgan fingerprint density at radius 3 is 1.40 bits per heavy atom. The van der Waals surface area contributed by atoms with E-state index in [1.165, 1.54) is 0 Å². The van der Waals surface area contributed by atoms with Crippen LogP contribution in [0.15, 0.2) is 24.3 Å². The van der Waals surface area contributed by atoms with E-state index < -0.39 is 0 Å². The Labute approximate surface area is 121 Å². The maximum Gasteiger partial charge on any atom is 0.214 e. The lowest BCUT2D eigenvalue weighted by molar-refractivity contribution is -0.109. The maximum atomic E-state index is 11.3. The second-order valence-electron chi connectivity index (χ2n) is 6.81. The summed E-state index contributed by atoms with van der Waals surface area (Å²) in [7, 11) is 0. The van der Waals surface area contributed by atoms with Crippen LogP contribution in [0.3, 0.4) is 0 Å². The molecule has 0 unspecified atom stereocenters. The van der Waals surface area contributed by atoms with Crippen molar-refractivity contribution in [3.8, 4) is 0 Å². The molecule has 110 valence electrons. The molecule has 2 amide bonds. The lowest BCUT2D eigenvalue weighted by atomic mass is 10.0. The van der Waals surface area contributed by atoms with E-state index in [9.17, 15) is 9.59 Å². The van der Waals surface area contributed by atoms with Gasteiger partial charge in [0, 0.05) is 22.5 Å². The molecule has 0 atom stereocenters. The van der Waals surface area contributed by atoms with Gasteiger partial charge in [0.05, 0.1) is 0 Å². The predicted molar refractivity (Wildman–Crippen MR) is 83.0 cm³/mol. The fourth-order valence-electron chi connectivity index (χ4n) is 2.01. The molecule has 0 saturated carbocycles. The summed E-state index contributed by atoms with van der Waals surface area (Å²) in [6.45, 7) is 11.8. The molecule has 0 saturated heterocycles. The van der Waals surface area contributed by atoms with Gasteiger partial charge in [0.15, 0.2) is 0 Å². The maximum absolute atomic E-state index is 11.3. The Morgan fingerprint density at radius 1 is 0.800 bits per heavy atom. The molecule has 0 N–H and O–H groups in total. The van der Waals surface area contributed by atoms with Crippen LogP contribution in [0, 0.1) is 0 Å². The van der Waals surface area contributed by atoms with Gasteiger partial charge >= 0.3 is 0 Å². The average Bonchev–Trinajstić information content (AvgIpc) is 2.27. The van der Waals surface area contributed by atoms with E-state index in [0.29, 0.717) is 0 Å². The Bertz CT molecular complexity index is 443. The van der Waals surface area contributed by atoms with E-state index in [0.717, 1.165) is 24.2 Å². The van der Waals surface area contributed by atoms with Crippen LogP contribution in [-0.2, 0) is 9.59 Å². The molecule has 4 heteroatoms. The standard InChI is InChI=1S/C16H24N2O2/c1-15(2,3)17(11-19)13-8-7-9-14(10-13)18(12-20)16(4,5)6/h7-12H,1-6H3. The molecule has 0 radical (unpaired) electrons. The smallest absolute Gasteiger partial charge is 0.214 e. The van der Waals surface area contributed by atoms with Crippen LogP contribution in [0.1, 0.15) is 41.5 Å². The Morgan fingerprint density at radius 2 is 1.15 bits per heavy atom. The van der Waals surface area contributed by atoms with Crippen LogP contribution >= 0.6 is 0 Å². The highest BCUT2D eigenvalue weighted by Crippen LogP contribution is 2.29. The van der Waals surface area contributed by atoms with Crippen LogP contribution in [0.4, 0.5) is 11.4 Å². The molecule has 0 heterocycles. The van der Waals surface area contributed by atoms with E-state index in [4.69, 9.17) is 0 Å². The molecule has 0 aliphatic carbocycles. The Kier molecular flexibility index (Phi) is 4.58. The third-order valence-electron chi connectivity index (χ3n) is 3.04. The van der Waals surface area contributed by atoms with Crippen LogP contribution in [-0.4, -0.2) is 23.9 Å². The van der Waals surface area contributed by atoms with Gasteiger partial charge in [0.1, 0.15) is 0 Å². The minimum atomic E-state index is -0.311. The third-order valence-corrected chi connectivity index (χ3v) is 3.04. The van der Waals surface area contributed by atoms with Gasteiger partial charge in [-0.2, -0.15) is 0 Å². The SMILES string of the molecule is CC(C)(C)N(C=O)c1cccc(N(C=O)C(C)(C)C)c1. The van der Waals surface area contributed by atoms with Gasteiger partial charge in [-0.3, -0.25) is 9.59 Å². The number of nitrogens with zero attached hydrogens (tertiary/aromatic N) is 2. The van der Waals surface area contributed by atoms with Crippen LogP contribution < -0.4 is 9.80 Å². The first kappa shape index (κ1) is 16.2. The van der Waals surface area contributed by atoms with Crippen molar-refractivity contribution in [2.45, 2.75) is 52.6 Å². The molecular formula is C16H24N2O2. The number of carbonyl (C=O) groups is 2. The summed E-state index contributed by atoms with van der Waals surface area (Å²) >= 11 is 0. The summed E-state index contributed by atoms with van der Waals surface area (Å²) < 4.78 is 0. The highest BCUT2D eigenvalue weighted by atomic mass is 16.1. The highest BCUT2D eigenvalue weighted by molar-refractivity contribution is 5.83. The zero-order valence-electron chi connectivity index (χ0n) is 13.2. The van der Waals surface area contributed by atoms with Crippen molar-refractivity contribution in [1.82, 2.24) is 0 Å². The van der Waals surface area contributed by atoms with E-state index in [1.807, 2.05) is 65.8 Å². The molecule has 1 aromatic carbocycles. The zero-order valence-corrected chi connectivity index (χ0v) is 13.2. The summed E-state index contributed by atoms with van der Waals surface area (Å²) in [5.74, 6) is 0. The summed E-state index contributed by atoms with van der Waals surface area (Å²) in [5.41, 5.74) is 0.935. The first-order valence-corrected chi connectivity index (χ1v) is 6.70. The van der Waals surface area contributed by atoms with Crippen molar-refractivity contribution in [2.24, 2.45) is 0 Å². The van der Waals surface area contributed by atoms with Gasteiger partial charge in [-0.25, -0.2) is 0 Å². The molecule has 0 aliphatic rings. The molecule has 20 heavy (non-hydrogen) atoms. The van der Waals surface area contributed by atoms with Crippen molar-refractivity contribution in [3.05, 3.63) is 24.3 Å². The quantitative estimate of drug-likeness (QED) is 0.792. The normalized spacial score (nSPS) is 11.9. The summed E-state index contributed by atoms with van der Waals surface area (Å²) in [5, 5.41) is 0. The van der Waals surface area contributed by atoms with Crippen LogP contribution in [0.2, 0.25) is 0 Å². The third kappa shape index (κ3) is 3.59. The van der Waals surface area contributed by atoms with Gasteiger partial charge < -0.3 is 9.80 Å². The van der Waals surface area contributed by atoms with Crippen molar-refractivity contribution in [1.29, 1.82) is 0 Å². The minimum Gasteiger partial charge on any atom is -0.310 e. The predicted octanol–water partition coefficient (Wildman–Crippen LogP) is 3.21. The van der Waals surface area contributed by atoms with Gasteiger partial charge in [-0.15, -0.1) is 0 Å². The molecule has 0 fully saturated rings. The highest BCUT2D eigenvalue weighted by Gasteiger charge is 2.24. The Hall–Kier alpha value is -1.84. The van der Waals surface area contributed by atoms with E-state index in [1.54, 1.807) is 9.80 Å². The molecule has 1 rings (SSSR count). The number of hydrogen-bond donors (Lipinski definition) is 0. The van der Waals surface area contributed by atoms with Crippen LogP contribution in [0.25, 0.3) is 0 Å². The second kappa shape index (κ2) is 5.65. The summed E-state index contributed by atoms with van der Waals surface area (Å²) in [4.78, 5) is 26.0. The fraction of sp³-hybridized carbons (Fsp3) is 0.500. The molecule has 4 nitrogen and oxygen atoms in total. The molecule has 0 spiro atoms. The van der Waals surface area contributed by atoms with Gasteiger partial charge in [-0.05, 0) is 59.7 Å². The molecule has 0 aromatic heterocycles. The summed E-state index contributed by atoms with van der Waals surface area (Å²) in [6.07, 6.45) is 1.64.